The second kappa shape index (κ2) is 7.93. The van der Waals surface area contributed by atoms with E-state index < -0.39 is 0 Å². The average Bonchev–Trinajstić information content (AvgIpc) is 3.23. The molecule has 8 nitrogen and oxygen atoms in total. The lowest BCUT2D eigenvalue weighted by Gasteiger charge is -2.29. The molecule has 0 unspecified atom stereocenters. The van der Waals surface area contributed by atoms with Crippen molar-refractivity contribution in [2.45, 2.75) is 65.5 Å². The number of amides is 1. The Morgan fingerprint density at radius 3 is 2.40 bits per heavy atom. The first-order chi connectivity index (χ1) is 14.3. The molecule has 0 radical (unpaired) electrons. The number of carbonyl (C=O) groups is 1. The molecule has 1 saturated carbocycles. The van der Waals surface area contributed by atoms with E-state index in [1.165, 1.54) is 0 Å². The van der Waals surface area contributed by atoms with Gasteiger partial charge in [0.1, 0.15) is 11.5 Å². The highest BCUT2D eigenvalue weighted by molar-refractivity contribution is 5.95. The predicted molar refractivity (Wildman–Crippen MR) is 112 cm³/mol. The van der Waals surface area contributed by atoms with Crippen molar-refractivity contribution in [3.63, 3.8) is 0 Å². The highest BCUT2D eigenvalue weighted by atomic mass is 16.3. The Morgan fingerprint density at radius 1 is 1.07 bits per heavy atom. The van der Waals surface area contributed by atoms with Crippen LogP contribution in [0.3, 0.4) is 0 Å². The van der Waals surface area contributed by atoms with Crippen LogP contribution in [0, 0.1) is 27.7 Å². The zero-order chi connectivity index (χ0) is 21.4. The maximum absolute atomic E-state index is 12.5. The molecule has 0 spiro atoms. The molecule has 0 atom stereocenters. The number of rotatable bonds is 4. The molecule has 3 aromatic heterocycles. The number of aryl methyl sites for hydroxylation is 4. The molecule has 3 heterocycles. The molecule has 3 aromatic rings. The molecule has 0 aliphatic heterocycles. The van der Waals surface area contributed by atoms with Crippen molar-refractivity contribution in [1.82, 2.24) is 24.9 Å². The number of nitrogens with one attached hydrogen (secondary N) is 1. The third kappa shape index (κ3) is 3.94. The van der Waals surface area contributed by atoms with E-state index in [1.54, 1.807) is 34.5 Å². The van der Waals surface area contributed by atoms with Crippen LogP contribution in [0.4, 0.5) is 0 Å². The second-order valence-corrected chi connectivity index (χ2v) is 8.12. The summed E-state index contributed by atoms with van der Waals surface area (Å²) in [6.45, 7) is 7.53. The van der Waals surface area contributed by atoms with E-state index in [0.717, 1.165) is 42.8 Å². The van der Waals surface area contributed by atoms with Gasteiger partial charge >= 0.3 is 0 Å². The molecule has 0 saturated heterocycles. The number of furan rings is 1. The fraction of sp³-hybridized carbons (Fsp3) is 0.455. The van der Waals surface area contributed by atoms with Gasteiger partial charge in [-0.15, -0.1) is 5.10 Å². The van der Waals surface area contributed by atoms with Gasteiger partial charge in [0.25, 0.3) is 11.5 Å². The molecule has 1 fully saturated rings. The number of hydrogen-bond acceptors (Lipinski definition) is 5. The molecule has 0 bridgehead atoms. The molecule has 0 aromatic carbocycles. The summed E-state index contributed by atoms with van der Waals surface area (Å²) in [5.41, 5.74) is 2.36. The number of aromatic nitrogens is 4. The van der Waals surface area contributed by atoms with Gasteiger partial charge in [0.2, 0.25) is 0 Å². The van der Waals surface area contributed by atoms with Gasteiger partial charge in [-0.1, -0.05) is 0 Å². The first-order valence-electron chi connectivity index (χ1n) is 10.3. The van der Waals surface area contributed by atoms with Crippen molar-refractivity contribution in [3.05, 3.63) is 63.1 Å². The number of hydrogen-bond donors (Lipinski definition) is 1. The minimum Gasteiger partial charge on any atom is -0.466 e. The summed E-state index contributed by atoms with van der Waals surface area (Å²) < 4.78 is 8.79. The van der Waals surface area contributed by atoms with Gasteiger partial charge in [-0.05, 0) is 71.6 Å². The van der Waals surface area contributed by atoms with Crippen molar-refractivity contribution in [1.29, 1.82) is 0 Å². The summed E-state index contributed by atoms with van der Waals surface area (Å²) in [7, 11) is 0. The third-order valence-electron chi connectivity index (χ3n) is 5.70. The quantitative estimate of drug-likeness (QED) is 0.714. The summed E-state index contributed by atoms with van der Waals surface area (Å²) in [5.74, 6) is 1.90. The zero-order valence-electron chi connectivity index (χ0n) is 17.8. The van der Waals surface area contributed by atoms with Crippen molar-refractivity contribution in [2.24, 2.45) is 0 Å². The van der Waals surface area contributed by atoms with Crippen LogP contribution in [-0.2, 0) is 0 Å². The Morgan fingerprint density at radius 2 is 1.80 bits per heavy atom. The zero-order valence-corrected chi connectivity index (χ0v) is 17.8. The van der Waals surface area contributed by atoms with E-state index >= 15 is 0 Å². The van der Waals surface area contributed by atoms with E-state index in [0.29, 0.717) is 17.1 Å². The van der Waals surface area contributed by atoms with Gasteiger partial charge in [0.05, 0.1) is 17.3 Å². The first-order valence-corrected chi connectivity index (χ1v) is 10.3. The van der Waals surface area contributed by atoms with Gasteiger partial charge in [-0.25, -0.2) is 9.36 Å². The molecule has 1 aliphatic carbocycles. The highest BCUT2D eigenvalue weighted by Gasteiger charge is 2.26. The molecular formula is C22H27N5O3. The molecule has 1 amide bonds. The van der Waals surface area contributed by atoms with Crippen LogP contribution >= 0.6 is 0 Å². The van der Waals surface area contributed by atoms with Crippen LogP contribution in [-0.4, -0.2) is 31.5 Å². The minimum absolute atomic E-state index is 0.0143. The molecular weight excluding hydrogens is 382 g/mol. The average molecular weight is 409 g/mol. The van der Waals surface area contributed by atoms with Crippen LogP contribution in [0.2, 0.25) is 0 Å². The fourth-order valence-corrected chi connectivity index (χ4v) is 4.23. The smallest absolute Gasteiger partial charge is 0.267 e. The lowest BCUT2D eigenvalue weighted by molar-refractivity contribution is 0.0920. The second-order valence-electron chi connectivity index (χ2n) is 8.12. The van der Waals surface area contributed by atoms with Gasteiger partial charge < -0.3 is 9.73 Å². The lowest BCUT2D eigenvalue weighted by atomic mass is 9.91. The standard InChI is InChI=1S/C22H27N5O3/c1-13-11-14(2)26(24-13)20-9-10-21(28)27(25-20)18-7-5-17(6-8-18)23-22(29)19-12-15(3)30-16(19)4/h9-12,17-18H,5-8H2,1-4H3,(H,23,29). The Balaban J connectivity index is 1.44. The number of carbonyl (C=O) groups excluding carboxylic acids is 1. The summed E-state index contributed by atoms with van der Waals surface area (Å²) in [5, 5.41) is 12.2. The Labute approximate surface area is 174 Å². The summed E-state index contributed by atoms with van der Waals surface area (Å²) in [6.07, 6.45) is 3.15. The fourth-order valence-electron chi connectivity index (χ4n) is 4.23. The molecule has 8 heteroatoms. The molecule has 158 valence electrons. The first kappa shape index (κ1) is 20.1. The monoisotopic (exact) mass is 409 g/mol. The highest BCUT2D eigenvalue weighted by Crippen LogP contribution is 2.27. The molecule has 30 heavy (non-hydrogen) atoms. The van der Waals surface area contributed by atoms with Crippen LogP contribution < -0.4 is 10.9 Å². The van der Waals surface area contributed by atoms with Crippen molar-refractivity contribution in [3.8, 4) is 5.82 Å². The topological polar surface area (TPSA) is 95.0 Å². The summed E-state index contributed by atoms with van der Waals surface area (Å²) in [4.78, 5) is 25.0. The van der Waals surface area contributed by atoms with E-state index in [1.807, 2.05) is 26.8 Å². The Hall–Kier alpha value is -3.16. The molecule has 4 rings (SSSR count). The largest absolute Gasteiger partial charge is 0.466 e. The van der Waals surface area contributed by atoms with Crippen LogP contribution in [0.25, 0.3) is 5.82 Å². The Kier molecular flexibility index (Phi) is 5.32. The molecule has 1 aliphatic rings. The van der Waals surface area contributed by atoms with Gasteiger partial charge in [-0.3, -0.25) is 9.59 Å². The van der Waals surface area contributed by atoms with Crippen LogP contribution in [0.1, 0.15) is 65.0 Å². The molecule has 1 N–H and O–H groups in total. The van der Waals surface area contributed by atoms with Crippen LogP contribution in [0.5, 0.6) is 0 Å². The van der Waals surface area contributed by atoms with Crippen molar-refractivity contribution in [2.75, 3.05) is 0 Å². The minimum atomic E-state index is -0.114. The maximum atomic E-state index is 12.5. The van der Waals surface area contributed by atoms with Gasteiger partial charge in [-0.2, -0.15) is 5.10 Å². The summed E-state index contributed by atoms with van der Waals surface area (Å²) in [6, 6.07) is 7.10. The predicted octanol–water partition coefficient (Wildman–Crippen LogP) is 3.17. The van der Waals surface area contributed by atoms with E-state index in [4.69, 9.17) is 4.42 Å². The number of nitrogens with zero attached hydrogens (tertiary/aromatic N) is 4. The third-order valence-corrected chi connectivity index (χ3v) is 5.70. The Bertz CT molecular complexity index is 1130. The van der Waals surface area contributed by atoms with Gasteiger partial charge in [0.15, 0.2) is 5.82 Å². The summed E-state index contributed by atoms with van der Waals surface area (Å²) >= 11 is 0. The lowest BCUT2D eigenvalue weighted by Crippen LogP contribution is -2.39. The van der Waals surface area contributed by atoms with Crippen molar-refractivity contribution < 1.29 is 9.21 Å². The van der Waals surface area contributed by atoms with Crippen LogP contribution in [0.15, 0.2) is 33.5 Å². The van der Waals surface area contributed by atoms with E-state index in [-0.39, 0.29) is 23.6 Å². The maximum Gasteiger partial charge on any atom is 0.267 e. The van der Waals surface area contributed by atoms with Gasteiger partial charge in [0, 0.05) is 17.8 Å². The SMILES string of the molecule is Cc1cc(C)n(-c2ccc(=O)n(C3CCC(NC(=O)c4cc(C)oc4C)CC3)n2)n1. The van der Waals surface area contributed by atoms with E-state index in [9.17, 15) is 9.59 Å². The van der Waals surface area contributed by atoms with Crippen molar-refractivity contribution >= 4 is 5.91 Å². The normalized spacial score (nSPS) is 19.1. The van der Waals surface area contributed by atoms with E-state index in [2.05, 4.69) is 15.5 Å².